The van der Waals surface area contributed by atoms with Crippen LogP contribution in [0.5, 0.6) is 0 Å². The molecule has 18 heavy (non-hydrogen) atoms. The summed E-state index contributed by atoms with van der Waals surface area (Å²) in [6.07, 6.45) is 5.02. The van der Waals surface area contributed by atoms with Gasteiger partial charge in [0.2, 0.25) is 0 Å². The van der Waals surface area contributed by atoms with E-state index in [4.69, 9.17) is 0 Å². The maximum Gasteiger partial charge on any atom is 0.386 e. The third-order valence-corrected chi connectivity index (χ3v) is 3.12. The lowest BCUT2D eigenvalue weighted by Gasteiger charge is -2.14. The molecule has 0 amide bonds. The van der Waals surface area contributed by atoms with Crippen LogP contribution in [0.2, 0.25) is 0 Å². The van der Waals surface area contributed by atoms with E-state index in [9.17, 15) is 10.1 Å². The number of anilines is 1. The number of aromatic nitrogens is 1. The van der Waals surface area contributed by atoms with E-state index >= 15 is 0 Å². The minimum Gasteiger partial charge on any atom is -0.378 e. The van der Waals surface area contributed by atoms with Crippen LogP contribution in [0.3, 0.4) is 0 Å². The van der Waals surface area contributed by atoms with Crippen LogP contribution in [-0.4, -0.2) is 41.0 Å². The standard InChI is InChI=1S/C12H18N4O2/c17-16(18)12-11(5-3-6-14-12)13-7-4-10-15-8-1-2-9-15/h3,5-6,13H,1-2,4,7-10H2. The first-order valence-electron chi connectivity index (χ1n) is 6.33. The van der Waals surface area contributed by atoms with Gasteiger partial charge in [-0.1, -0.05) is 0 Å². The van der Waals surface area contributed by atoms with Gasteiger partial charge >= 0.3 is 5.82 Å². The Morgan fingerprint density at radius 1 is 1.44 bits per heavy atom. The lowest BCUT2D eigenvalue weighted by Crippen LogP contribution is -2.22. The van der Waals surface area contributed by atoms with Gasteiger partial charge in [0, 0.05) is 6.54 Å². The van der Waals surface area contributed by atoms with Crippen molar-refractivity contribution < 1.29 is 4.92 Å². The van der Waals surface area contributed by atoms with Crippen molar-refractivity contribution in [1.82, 2.24) is 9.88 Å². The second-order valence-electron chi connectivity index (χ2n) is 4.46. The molecule has 0 aromatic carbocycles. The Hall–Kier alpha value is -1.69. The molecule has 1 aliphatic heterocycles. The Labute approximate surface area is 106 Å². The summed E-state index contributed by atoms with van der Waals surface area (Å²) >= 11 is 0. The van der Waals surface area contributed by atoms with Crippen molar-refractivity contribution in [3.8, 4) is 0 Å². The molecular formula is C12H18N4O2. The van der Waals surface area contributed by atoms with Crippen LogP contribution in [0.25, 0.3) is 0 Å². The van der Waals surface area contributed by atoms with E-state index in [1.54, 1.807) is 12.1 Å². The van der Waals surface area contributed by atoms with Crippen LogP contribution in [0, 0.1) is 10.1 Å². The first kappa shape index (κ1) is 12.8. The molecule has 98 valence electrons. The minimum atomic E-state index is -0.456. The van der Waals surface area contributed by atoms with Crippen molar-refractivity contribution in [2.75, 3.05) is 31.5 Å². The molecule has 1 aromatic heterocycles. The molecule has 1 aromatic rings. The van der Waals surface area contributed by atoms with Crippen molar-refractivity contribution in [3.63, 3.8) is 0 Å². The molecule has 1 fully saturated rings. The van der Waals surface area contributed by atoms with E-state index in [0.29, 0.717) is 5.69 Å². The van der Waals surface area contributed by atoms with Crippen molar-refractivity contribution in [3.05, 3.63) is 28.4 Å². The molecular weight excluding hydrogens is 232 g/mol. The molecule has 0 spiro atoms. The summed E-state index contributed by atoms with van der Waals surface area (Å²) in [5.74, 6) is -0.0985. The van der Waals surface area contributed by atoms with Gasteiger partial charge in [0.25, 0.3) is 0 Å². The third kappa shape index (κ3) is 3.40. The fraction of sp³-hybridized carbons (Fsp3) is 0.583. The van der Waals surface area contributed by atoms with Crippen LogP contribution in [0.15, 0.2) is 18.3 Å². The smallest absolute Gasteiger partial charge is 0.378 e. The van der Waals surface area contributed by atoms with E-state index in [2.05, 4.69) is 15.2 Å². The molecule has 0 bridgehead atoms. The third-order valence-electron chi connectivity index (χ3n) is 3.12. The SMILES string of the molecule is O=[N+]([O-])c1ncccc1NCCCN1CCCC1. The average molecular weight is 250 g/mol. The number of nitrogens with one attached hydrogen (secondary N) is 1. The zero-order valence-electron chi connectivity index (χ0n) is 10.3. The number of likely N-dealkylation sites (tertiary alicyclic amines) is 1. The second kappa shape index (κ2) is 6.30. The van der Waals surface area contributed by atoms with E-state index in [0.717, 1.165) is 19.5 Å². The topological polar surface area (TPSA) is 71.3 Å². The Bertz CT molecular complexity index is 405. The highest BCUT2D eigenvalue weighted by Gasteiger charge is 2.14. The molecule has 1 N–H and O–H groups in total. The van der Waals surface area contributed by atoms with E-state index in [1.165, 1.54) is 32.1 Å². The first-order chi connectivity index (χ1) is 8.77. The fourth-order valence-electron chi connectivity index (χ4n) is 2.21. The lowest BCUT2D eigenvalue weighted by molar-refractivity contribution is -0.388. The fourth-order valence-corrected chi connectivity index (χ4v) is 2.21. The highest BCUT2D eigenvalue weighted by Crippen LogP contribution is 2.19. The zero-order valence-corrected chi connectivity index (χ0v) is 10.3. The Kier molecular flexibility index (Phi) is 4.46. The summed E-state index contributed by atoms with van der Waals surface area (Å²) in [6.45, 7) is 4.17. The number of hydrogen-bond acceptors (Lipinski definition) is 5. The number of rotatable bonds is 6. The van der Waals surface area contributed by atoms with E-state index in [-0.39, 0.29) is 5.82 Å². The van der Waals surface area contributed by atoms with Gasteiger partial charge in [0.1, 0.15) is 11.9 Å². The van der Waals surface area contributed by atoms with Gasteiger partial charge in [-0.25, -0.2) is 0 Å². The summed E-state index contributed by atoms with van der Waals surface area (Å²) in [5.41, 5.74) is 0.504. The molecule has 2 heterocycles. The lowest BCUT2D eigenvalue weighted by atomic mass is 10.3. The van der Waals surface area contributed by atoms with Crippen LogP contribution in [-0.2, 0) is 0 Å². The quantitative estimate of drug-likeness (QED) is 0.474. The zero-order chi connectivity index (χ0) is 12.8. The number of pyridine rings is 1. The van der Waals surface area contributed by atoms with Gasteiger partial charge < -0.3 is 20.3 Å². The van der Waals surface area contributed by atoms with Crippen LogP contribution in [0.4, 0.5) is 11.5 Å². The first-order valence-corrected chi connectivity index (χ1v) is 6.33. The van der Waals surface area contributed by atoms with Crippen molar-refractivity contribution in [1.29, 1.82) is 0 Å². The van der Waals surface area contributed by atoms with Gasteiger partial charge in [-0.3, -0.25) is 0 Å². The largest absolute Gasteiger partial charge is 0.386 e. The second-order valence-corrected chi connectivity index (χ2v) is 4.46. The predicted octanol–water partition coefficient (Wildman–Crippen LogP) is 1.89. The van der Waals surface area contributed by atoms with Crippen LogP contribution in [0.1, 0.15) is 19.3 Å². The molecule has 0 radical (unpaired) electrons. The molecule has 2 rings (SSSR count). The van der Waals surface area contributed by atoms with Crippen molar-refractivity contribution >= 4 is 11.5 Å². The van der Waals surface area contributed by atoms with Crippen molar-refractivity contribution in [2.24, 2.45) is 0 Å². The summed E-state index contributed by atoms with van der Waals surface area (Å²) < 4.78 is 0. The molecule has 1 saturated heterocycles. The maximum absolute atomic E-state index is 10.8. The van der Waals surface area contributed by atoms with E-state index in [1.807, 2.05) is 0 Å². The molecule has 6 nitrogen and oxygen atoms in total. The predicted molar refractivity (Wildman–Crippen MR) is 69.7 cm³/mol. The number of nitrogens with zero attached hydrogens (tertiary/aromatic N) is 3. The van der Waals surface area contributed by atoms with Gasteiger partial charge in [-0.05, 0) is 60.9 Å². The summed E-state index contributed by atoms with van der Waals surface area (Å²) in [6, 6.07) is 3.40. The number of nitro groups is 1. The van der Waals surface area contributed by atoms with Crippen LogP contribution < -0.4 is 5.32 Å². The highest BCUT2D eigenvalue weighted by atomic mass is 16.6. The monoisotopic (exact) mass is 250 g/mol. The van der Waals surface area contributed by atoms with Gasteiger partial charge in [-0.2, -0.15) is 0 Å². The molecule has 0 saturated carbocycles. The summed E-state index contributed by atoms with van der Waals surface area (Å²) in [4.78, 5) is 16.5. The van der Waals surface area contributed by atoms with Gasteiger partial charge in [-0.15, -0.1) is 0 Å². The molecule has 0 aliphatic carbocycles. The molecule has 1 aliphatic rings. The highest BCUT2D eigenvalue weighted by molar-refractivity contribution is 5.56. The Morgan fingerprint density at radius 2 is 2.22 bits per heavy atom. The summed E-state index contributed by atoms with van der Waals surface area (Å²) in [5, 5.41) is 13.8. The average Bonchev–Trinajstić information content (AvgIpc) is 2.88. The maximum atomic E-state index is 10.8. The summed E-state index contributed by atoms with van der Waals surface area (Å²) in [7, 11) is 0. The Balaban J connectivity index is 1.77. The van der Waals surface area contributed by atoms with E-state index < -0.39 is 4.92 Å². The molecule has 0 unspecified atom stereocenters. The normalized spacial score (nSPS) is 15.8. The van der Waals surface area contributed by atoms with Crippen LogP contribution >= 0.6 is 0 Å². The minimum absolute atomic E-state index is 0.0985. The van der Waals surface area contributed by atoms with Crippen molar-refractivity contribution in [2.45, 2.75) is 19.3 Å². The molecule has 0 atom stereocenters. The molecule has 6 heteroatoms. The Morgan fingerprint density at radius 3 is 2.94 bits per heavy atom. The van der Waals surface area contributed by atoms with Gasteiger partial charge in [0.15, 0.2) is 0 Å². The van der Waals surface area contributed by atoms with Gasteiger partial charge in [0.05, 0.1) is 0 Å². The number of hydrogen-bond donors (Lipinski definition) is 1.